The van der Waals surface area contributed by atoms with Gasteiger partial charge in [0.15, 0.2) is 0 Å². The first-order chi connectivity index (χ1) is 4.47. The van der Waals surface area contributed by atoms with Crippen LogP contribution in [0, 0.1) is 0 Å². The van der Waals surface area contributed by atoms with Crippen LogP contribution in [-0.4, -0.2) is 29.9 Å². The molecule has 0 spiro atoms. The van der Waals surface area contributed by atoms with E-state index in [1.807, 2.05) is 0 Å². The summed E-state index contributed by atoms with van der Waals surface area (Å²) in [5.41, 5.74) is 0. The molecule has 0 radical (unpaired) electrons. The van der Waals surface area contributed by atoms with Crippen LogP contribution in [0.2, 0.25) is 4.22 Å². The fraction of sp³-hybridized carbons (Fsp3) is 0.143. The summed E-state index contributed by atoms with van der Waals surface area (Å²) in [4.78, 5) is 0. The van der Waals surface area contributed by atoms with E-state index in [2.05, 4.69) is 24.3 Å². The quantitative estimate of drug-likeness (QED) is 0.555. The Morgan fingerprint density at radius 1 is 1.00 bits per heavy atom. The van der Waals surface area contributed by atoms with E-state index in [1.165, 1.54) is 4.22 Å². The van der Waals surface area contributed by atoms with Crippen molar-refractivity contribution in [2.75, 3.05) is 0 Å². The average molecular weight is 248 g/mol. The Balaban J connectivity index is 2.54. The second kappa shape index (κ2) is 2.48. The third-order valence-corrected chi connectivity index (χ3v) is 7.80. The zero-order valence-corrected chi connectivity index (χ0v) is 8.26. The van der Waals surface area contributed by atoms with Crippen molar-refractivity contribution in [1.82, 2.24) is 0 Å². The van der Waals surface area contributed by atoms with Crippen molar-refractivity contribution in [1.29, 1.82) is 0 Å². The standard InChI is InChI=1S/C7H6Se2/c1-2-4-7-6(3-1)8-5-9-7/h1-4H,5H2. The van der Waals surface area contributed by atoms with Crippen molar-refractivity contribution >= 4 is 38.8 Å². The van der Waals surface area contributed by atoms with Gasteiger partial charge in [-0.05, 0) is 0 Å². The number of hydrogen-bond acceptors (Lipinski definition) is 0. The summed E-state index contributed by atoms with van der Waals surface area (Å²) in [5, 5.41) is 0. The van der Waals surface area contributed by atoms with Crippen molar-refractivity contribution in [3.8, 4) is 0 Å². The Morgan fingerprint density at radius 3 is 2.11 bits per heavy atom. The molecule has 0 unspecified atom stereocenters. The van der Waals surface area contributed by atoms with Gasteiger partial charge in [-0.15, -0.1) is 0 Å². The summed E-state index contributed by atoms with van der Waals surface area (Å²) in [6.45, 7) is 0. The predicted octanol–water partition coefficient (Wildman–Crippen LogP) is -0.265. The molecule has 0 aromatic heterocycles. The first-order valence-corrected chi connectivity index (χ1v) is 6.95. The molecule has 46 valence electrons. The van der Waals surface area contributed by atoms with Crippen molar-refractivity contribution in [3.63, 3.8) is 0 Å². The second-order valence-corrected chi connectivity index (χ2v) is 7.97. The van der Waals surface area contributed by atoms with Crippen LogP contribution in [0.3, 0.4) is 0 Å². The normalized spacial score (nSPS) is 15.6. The van der Waals surface area contributed by atoms with Gasteiger partial charge in [0.25, 0.3) is 0 Å². The molecule has 1 heterocycles. The zero-order chi connectivity index (χ0) is 6.10. The average Bonchev–Trinajstić information content (AvgIpc) is 2.33. The molecule has 9 heavy (non-hydrogen) atoms. The molecule has 1 aliphatic rings. The molecule has 2 rings (SSSR count). The van der Waals surface area contributed by atoms with Crippen LogP contribution in [0.15, 0.2) is 24.3 Å². The maximum absolute atomic E-state index is 2.28. The van der Waals surface area contributed by atoms with Gasteiger partial charge in [0, 0.05) is 0 Å². The summed E-state index contributed by atoms with van der Waals surface area (Å²) in [6.07, 6.45) is 0. The second-order valence-electron chi connectivity index (χ2n) is 1.85. The SMILES string of the molecule is c1ccc2c(c1)[Se]C[Se]2. The molecule has 0 atom stereocenters. The van der Waals surface area contributed by atoms with Gasteiger partial charge < -0.3 is 0 Å². The van der Waals surface area contributed by atoms with Crippen LogP contribution in [0.25, 0.3) is 0 Å². The van der Waals surface area contributed by atoms with Crippen LogP contribution in [-0.2, 0) is 0 Å². The Morgan fingerprint density at radius 2 is 1.56 bits per heavy atom. The number of hydrogen-bond donors (Lipinski definition) is 0. The van der Waals surface area contributed by atoms with Crippen LogP contribution >= 0.6 is 0 Å². The molecule has 2 heteroatoms. The monoisotopic (exact) mass is 250 g/mol. The Hall–Kier alpha value is 0.259. The van der Waals surface area contributed by atoms with Gasteiger partial charge in [-0.2, -0.15) is 0 Å². The molecule has 0 saturated carbocycles. The van der Waals surface area contributed by atoms with E-state index in [1.54, 1.807) is 8.92 Å². The van der Waals surface area contributed by atoms with Gasteiger partial charge in [0.1, 0.15) is 0 Å². The summed E-state index contributed by atoms with van der Waals surface area (Å²) in [7, 11) is 0. The van der Waals surface area contributed by atoms with Crippen LogP contribution in [0.4, 0.5) is 0 Å². The van der Waals surface area contributed by atoms with Gasteiger partial charge in [0.05, 0.1) is 0 Å². The van der Waals surface area contributed by atoms with E-state index in [-0.39, 0.29) is 0 Å². The van der Waals surface area contributed by atoms with E-state index in [0.29, 0.717) is 0 Å². The molecule has 0 amide bonds. The summed E-state index contributed by atoms with van der Waals surface area (Å²) < 4.78 is 4.80. The summed E-state index contributed by atoms with van der Waals surface area (Å²) >= 11 is 1.66. The van der Waals surface area contributed by atoms with Crippen molar-refractivity contribution in [2.45, 2.75) is 4.22 Å². The fourth-order valence-electron chi connectivity index (χ4n) is 0.845. The summed E-state index contributed by atoms with van der Waals surface area (Å²) in [6, 6.07) is 8.87. The van der Waals surface area contributed by atoms with E-state index in [0.717, 1.165) is 29.9 Å². The van der Waals surface area contributed by atoms with Gasteiger partial charge >= 0.3 is 67.3 Å². The van der Waals surface area contributed by atoms with Crippen LogP contribution in [0.1, 0.15) is 0 Å². The Bertz CT molecular complexity index is 197. The zero-order valence-electron chi connectivity index (χ0n) is 4.83. The molecular formula is C7H6Se2. The summed E-state index contributed by atoms with van der Waals surface area (Å²) in [5.74, 6) is 0. The van der Waals surface area contributed by atoms with Gasteiger partial charge in [-0.1, -0.05) is 0 Å². The number of benzene rings is 1. The van der Waals surface area contributed by atoms with Crippen LogP contribution in [0.5, 0.6) is 0 Å². The molecule has 0 N–H and O–H groups in total. The first kappa shape index (κ1) is 6.00. The third-order valence-electron chi connectivity index (χ3n) is 1.28. The van der Waals surface area contributed by atoms with Crippen molar-refractivity contribution < 1.29 is 0 Å². The molecule has 0 saturated heterocycles. The molecule has 1 aromatic carbocycles. The molecule has 0 aliphatic carbocycles. The Labute approximate surface area is 67.4 Å². The van der Waals surface area contributed by atoms with Gasteiger partial charge in [0.2, 0.25) is 0 Å². The fourth-order valence-corrected chi connectivity index (χ4v) is 7.81. The molecule has 0 fully saturated rings. The van der Waals surface area contributed by atoms with Crippen LogP contribution < -0.4 is 8.92 Å². The predicted molar refractivity (Wildman–Crippen MR) is 42.0 cm³/mol. The van der Waals surface area contributed by atoms with Crippen molar-refractivity contribution in [2.24, 2.45) is 0 Å². The molecule has 0 nitrogen and oxygen atoms in total. The maximum atomic E-state index is 2.28. The van der Waals surface area contributed by atoms with Gasteiger partial charge in [-0.25, -0.2) is 0 Å². The molecule has 0 bridgehead atoms. The first-order valence-electron chi connectivity index (χ1n) is 2.81. The number of fused-ring (bicyclic) bond motifs is 1. The minimum absolute atomic E-state index is 0.830. The third kappa shape index (κ3) is 1.09. The van der Waals surface area contributed by atoms with E-state index in [9.17, 15) is 0 Å². The van der Waals surface area contributed by atoms with E-state index >= 15 is 0 Å². The van der Waals surface area contributed by atoms with Gasteiger partial charge in [-0.3, -0.25) is 0 Å². The van der Waals surface area contributed by atoms with E-state index in [4.69, 9.17) is 0 Å². The minimum atomic E-state index is 0.830. The number of rotatable bonds is 0. The molecule has 1 aromatic rings. The van der Waals surface area contributed by atoms with E-state index < -0.39 is 0 Å². The topological polar surface area (TPSA) is 0 Å². The van der Waals surface area contributed by atoms with Crippen molar-refractivity contribution in [3.05, 3.63) is 24.3 Å². The molecule has 1 aliphatic heterocycles. The Kier molecular flexibility index (Phi) is 1.65. The molecular weight excluding hydrogens is 242 g/mol.